The Bertz CT molecular complexity index is 373. The van der Waals surface area contributed by atoms with Crippen LogP contribution in [0.5, 0.6) is 5.75 Å². The number of hydrogen-bond acceptors (Lipinski definition) is 3. The number of hydrogen-bond donors (Lipinski definition) is 1. The molecule has 1 aromatic carbocycles. The molecule has 4 heteroatoms. The lowest BCUT2D eigenvalue weighted by Gasteiger charge is -2.15. The molecule has 0 radical (unpaired) electrons. The van der Waals surface area contributed by atoms with E-state index in [0.29, 0.717) is 30.4 Å². The highest BCUT2D eigenvalue weighted by molar-refractivity contribution is 5.35. The number of ether oxygens (including phenoxy) is 2. The van der Waals surface area contributed by atoms with Crippen LogP contribution in [0.15, 0.2) is 18.2 Å². The van der Waals surface area contributed by atoms with Crippen LogP contribution in [-0.4, -0.2) is 24.9 Å². The van der Waals surface area contributed by atoms with Crippen LogP contribution in [0, 0.1) is 11.7 Å². The Balaban J connectivity index is 2.04. The van der Waals surface area contributed by atoms with Gasteiger partial charge in [-0.1, -0.05) is 0 Å². The first-order valence-electron chi connectivity index (χ1n) is 5.85. The second-order valence-electron chi connectivity index (χ2n) is 4.40. The Kier molecular flexibility index (Phi) is 3.97. The minimum Gasteiger partial charge on any atom is -0.493 e. The number of benzene rings is 1. The van der Waals surface area contributed by atoms with Gasteiger partial charge in [0.1, 0.15) is 11.6 Å². The van der Waals surface area contributed by atoms with Crippen molar-refractivity contribution in [2.75, 3.05) is 19.8 Å². The van der Waals surface area contributed by atoms with Gasteiger partial charge in [0.2, 0.25) is 0 Å². The molecule has 1 aliphatic heterocycles. The molecule has 1 saturated heterocycles. The summed E-state index contributed by atoms with van der Waals surface area (Å²) in [6.07, 6.45) is 0.310. The van der Waals surface area contributed by atoms with Crippen LogP contribution in [-0.2, 0) is 4.74 Å². The summed E-state index contributed by atoms with van der Waals surface area (Å²) < 4.78 is 24.0. The quantitative estimate of drug-likeness (QED) is 0.877. The highest BCUT2D eigenvalue weighted by atomic mass is 19.1. The maximum Gasteiger partial charge on any atom is 0.128 e. The molecule has 0 saturated carbocycles. The van der Waals surface area contributed by atoms with Gasteiger partial charge in [0.15, 0.2) is 0 Å². The molecule has 2 rings (SSSR count). The predicted molar refractivity (Wildman–Crippen MR) is 61.5 cm³/mol. The second kappa shape index (κ2) is 5.47. The lowest BCUT2D eigenvalue weighted by Crippen LogP contribution is -2.13. The van der Waals surface area contributed by atoms with Crippen molar-refractivity contribution in [3.05, 3.63) is 29.6 Å². The summed E-state index contributed by atoms with van der Waals surface area (Å²) in [6.45, 7) is 3.60. The minimum atomic E-state index is -0.662. The summed E-state index contributed by atoms with van der Waals surface area (Å²) in [5, 5.41) is 9.56. The molecule has 94 valence electrons. The largest absolute Gasteiger partial charge is 0.493 e. The van der Waals surface area contributed by atoms with Gasteiger partial charge in [-0.25, -0.2) is 4.39 Å². The van der Waals surface area contributed by atoms with E-state index in [0.717, 1.165) is 13.0 Å². The fourth-order valence-corrected chi connectivity index (χ4v) is 1.90. The highest BCUT2D eigenvalue weighted by Crippen LogP contribution is 2.27. The Morgan fingerprint density at radius 2 is 2.41 bits per heavy atom. The SMILES string of the molecule is CC(O)c1ccc(F)cc1OCC1CCOC1. The minimum absolute atomic E-state index is 0.355. The van der Waals surface area contributed by atoms with E-state index < -0.39 is 6.10 Å². The summed E-state index contributed by atoms with van der Waals surface area (Å²) in [6, 6.07) is 4.20. The van der Waals surface area contributed by atoms with Crippen molar-refractivity contribution >= 4 is 0 Å². The Morgan fingerprint density at radius 1 is 1.59 bits per heavy atom. The lowest BCUT2D eigenvalue weighted by atomic mass is 10.1. The molecule has 1 N–H and O–H groups in total. The first-order valence-corrected chi connectivity index (χ1v) is 5.85. The summed E-state index contributed by atoms with van der Waals surface area (Å²) >= 11 is 0. The summed E-state index contributed by atoms with van der Waals surface area (Å²) in [5.41, 5.74) is 0.616. The zero-order valence-electron chi connectivity index (χ0n) is 9.86. The molecule has 1 heterocycles. The average molecular weight is 240 g/mol. The van der Waals surface area contributed by atoms with E-state index in [2.05, 4.69) is 0 Å². The smallest absolute Gasteiger partial charge is 0.128 e. The molecule has 0 spiro atoms. The topological polar surface area (TPSA) is 38.7 Å². The van der Waals surface area contributed by atoms with Crippen molar-refractivity contribution in [1.82, 2.24) is 0 Å². The zero-order chi connectivity index (χ0) is 12.3. The third kappa shape index (κ3) is 3.17. The van der Waals surface area contributed by atoms with Crippen LogP contribution in [0.1, 0.15) is 25.0 Å². The molecule has 0 amide bonds. The van der Waals surface area contributed by atoms with Crippen molar-refractivity contribution in [3.63, 3.8) is 0 Å². The molecule has 3 nitrogen and oxygen atoms in total. The third-order valence-corrected chi connectivity index (χ3v) is 2.92. The molecule has 0 bridgehead atoms. The molecule has 2 unspecified atom stereocenters. The van der Waals surface area contributed by atoms with E-state index >= 15 is 0 Å². The van der Waals surface area contributed by atoms with Crippen LogP contribution in [0.4, 0.5) is 4.39 Å². The second-order valence-corrected chi connectivity index (χ2v) is 4.40. The summed E-state index contributed by atoms with van der Waals surface area (Å²) in [7, 11) is 0. The number of aliphatic hydroxyl groups is 1. The number of aliphatic hydroxyl groups excluding tert-OH is 1. The number of halogens is 1. The van der Waals surface area contributed by atoms with Gasteiger partial charge in [-0.15, -0.1) is 0 Å². The van der Waals surface area contributed by atoms with E-state index in [9.17, 15) is 9.50 Å². The van der Waals surface area contributed by atoms with Gasteiger partial charge in [-0.3, -0.25) is 0 Å². The molecule has 0 aromatic heterocycles. The molecule has 0 aliphatic carbocycles. The van der Waals surface area contributed by atoms with Gasteiger partial charge in [0, 0.05) is 24.2 Å². The molecular weight excluding hydrogens is 223 g/mol. The van der Waals surface area contributed by atoms with Crippen LogP contribution in [0.2, 0.25) is 0 Å². The van der Waals surface area contributed by atoms with E-state index in [-0.39, 0.29) is 5.82 Å². The van der Waals surface area contributed by atoms with Crippen LogP contribution < -0.4 is 4.74 Å². The van der Waals surface area contributed by atoms with Crippen molar-refractivity contribution < 1.29 is 19.0 Å². The van der Waals surface area contributed by atoms with Gasteiger partial charge in [-0.2, -0.15) is 0 Å². The first-order chi connectivity index (χ1) is 8.16. The van der Waals surface area contributed by atoms with Crippen LogP contribution in [0.3, 0.4) is 0 Å². The van der Waals surface area contributed by atoms with Gasteiger partial charge in [0.25, 0.3) is 0 Å². The first kappa shape index (κ1) is 12.3. The molecule has 17 heavy (non-hydrogen) atoms. The molecule has 1 aliphatic rings. The fraction of sp³-hybridized carbons (Fsp3) is 0.538. The van der Waals surface area contributed by atoms with Gasteiger partial charge >= 0.3 is 0 Å². The Morgan fingerprint density at radius 3 is 3.06 bits per heavy atom. The molecule has 1 aromatic rings. The summed E-state index contributed by atoms with van der Waals surface area (Å²) in [4.78, 5) is 0. The van der Waals surface area contributed by atoms with Gasteiger partial charge in [0.05, 0.1) is 19.3 Å². The Hall–Kier alpha value is -1.13. The van der Waals surface area contributed by atoms with Crippen molar-refractivity contribution in [2.24, 2.45) is 5.92 Å². The van der Waals surface area contributed by atoms with E-state index in [1.165, 1.54) is 12.1 Å². The monoisotopic (exact) mass is 240 g/mol. The maximum atomic E-state index is 13.1. The maximum absolute atomic E-state index is 13.1. The van der Waals surface area contributed by atoms with Crippen LogP contribution in [0.25, 0.3) is 0 Å². The predicted octanol–water partition coefficient (Wildman–Crippen LogP) is 2.29. The number of rotatable bonds is 4. The standard InChI is InChI=1S/C13H17FO3/c1-9(15)12-3-2-11(14)6-13(12)17-8-10-4-5-16-7-10/h2-3,6,9-10,15H,4-5,7-8H2,1H3. The average Bonchev–Trinajstić information content (AvgIpc) is 2.78. The van der Waals surface area contributed by atoms with Crippen molar-refractivity contribution in [2.45, 2.75) is 19.4 Å². The highest BCUT2D eigenvalue weighted by Gasteiger charge is 2.18. The van der Waals surface area contributed by atoms with Gasteiger partial charge < -0.3 is 14.6 Å². The fourth-order valence-electron chi connectivity index (χ4n) is 1.90. The van der Waals surface area contributed by atoms with E-state index in [1.54, 1.807) is 13.0 Å². The van der Waals surface area contributed by atoms with E-state index in [1.807, 2.05) is 0 Å². The third-order valence-electron chi connectivity index (χ3n) is 2.92. The molecule has 2 atom stereocenters. The summed E-state index contributed by atoms with van der Waals surface area (Å²) in [5.74, 6) is 0.430. The zero-order valence-corrected chi connectivity index (χ0v) is 9.86. The molecule has 1 fully saturated rings. The van der Waals surface area contributed by atoms with Crippen molar-refractivity contribution in [1.29, 1.82) is 0 Å². The Labute approximate surface area is 100 Å². The van der Waals surface area contributed by atoms with Gasteiger partial charge in [-0.05, 0) is 25.5 Å². The van der Waals surface area contributed by atoms with E-state index in [4.69, 9.17) is 9.47 Å². The van der Waals surface area contributed by atoms with Crippen molar-refractivity contribution in [3.8, 4) is 5.75 Å². The lowest BCUT2D eigenvalue weighted by molar-refractivity contribution is 0.161. The normalized spacial score (nSPS) is 21.5. The molecular formula is C13H17FO3. The van der Waals surface area contributed by atoms with Crippen LogP contribution >= 0.6 is 0 Å².